The highest BCUT2D eigenvalue weighted by molar-refractivity contribution is 7.61. The number of hydrogen-bond donors (Lipinski definition) is 3. The number of aromatic hydroxyl groups is 1. The van der Waals surface area contributed by atoms with Gasteiger partial charge in [0.2, 0.25) is 0 Å². The molecule has 2 unspecified atom stereocenters. The van der Waals surface area contributed by atoms with Gasteiger partial charge in [-0.05, 0) is 12.1 Å². The minimum atomic E-state index is -5.02. The minimum absolute atomic E-state index is 0.808. The van der Waals surface area contributed by atoms with E-state index in [0.29, 0.717) is 0 Å². The summed E-state index contributed by atoms with van der Waals surface area (Å²) in [6, 6.07) is 2.58. The molecule has 0 heterocycles. The normalized spacial score (nSPS) is 19.2. The second kappa shape index (κ2) is 3.72. The molecule has 0 amide bonds. The molecule has 0 aliphatic carbocycles. The molecule has 7 nitrogen and oxygen atoms in total. The lowest BCUT2D eigenvalue weighted by atomic mass is 10.3. The van der Waals surface area contributed by atoms with Crippen LogP contribution in [0.25, 0.3) is 0 Å². The highest BCUT2D eigenvalue weighted by Gasteiger charge is 2.19. The first-order chi connectivity index (χ1) is 6.64. The van der Waals surface area contributed by atoms with Gasteiger partial charge in [-0.25, -0.2) is 0 Å². The molecule has 3 N–H and O–H groups in total. The van der Waals surface area contributed by atoms with Gasteiger partial charge in [-0.3, -0.25) is 0 Å². The molecule has 0 aliphatic rings. The fourth-order valence-corrected chi connectivity index (χ4v) is 2.39. The van der Waals surface area contributed by atoms with Crippen molar-refractivity contribution in [3.8, 4) is 5.75 Å². The van der Waals surface area contributed by atoms with Crippen LogP contribution in [0.5, 0.6) is 5.75 Å². The molecule has 0 saturated carbocycles. The number of phenolic OH excluding ortho intramolecular Hbond substituents is 1. The summed E-state index contributed by atoms with van der Waals surface area (Å²) < 4.78 is 21.4. The quantitative estimate of drug-likeness (QED) is 0.504. The van der Waals surface area contributed by atoms with Crippen LogP contribution in [0.2, 0.25) is 0 Å². The Kier molecular flexibility index (Phi) is 3.07. The largest absolute Gasteiger partial charge is 0.775 e. The van der Waals surface area contributed by atoms with Crippen LogP contribution in [0, 0.1) is 0 Å². The van der Waals surface area contributed by atoms with Gasteiger partial charge in [-0.1, -0.05) is 6.07 Å². The summed E-state index contributed by atoms with van der Waals surface area (Å²) in [5.74, 6) is -1.20. The standard InChI is InChI=1S/C6H8O7P2/c7-6-4(14(8,9)10)2-1-3-5(6)15(11,12)13/h1-3,7H,(H2,8,9,10)(H2,11,12,13)/p-2. The van der Waals surface area contributed by atoms with Crippen LogP contribution >= 0.6 is 15.2 Å². The van der Waals surface area contributed by atoms with E-state index in [0.717, 1.165) is 18.2 Å². The first-order valence-corrected chi connectivity index (χ1v) is 6.70. The summed E-state index contributed by atoms with van der Waals surface area (Å²) in [6.45, 7) is 0. The molecule has 2 atom stereocenters. The molecule has 1 rings (SSSR count). The van der Waals surface area contributed by atoms with Crippen molar-refractivity contribution in [1.29, 1.82) is 0 Å². The van der Waals surface area contributed by atoms with E-state index >= 15 is 0 Å². The lowest BCUT2D eigenvalue weighted by Gasteiger charge is -2.22. The van der Waals surface area contributed by atoms with E-state index in [9.17, 15) is 24.0 Å². The monoisotopic (exact) mass is 252 g/mol. The van der Waals surface area contributed by atoms with Crippen molar-refractivity contribution in [3.05, 3.63) is 18.2 Å². The van der Waals surface area contributed by atoms with E-state index in [1.807, 2.05) is 0 Å². The lowest BCUT2D eigenvalue weighted by molar-refractivity contribution is -0.189. The van der Waals surface area contributed by atoms with Crippen LogP contribution in [-0.2, 0) is 9.13 Å². The second-order valence-electron chi connectivity index (χ2n) is 2.69. The van der Waals surface area contributed by atoms with Gasteiger partial charge in [0.25, 0.3) is 0 Å². The number of para-hydroxylation sites is 1. The van der Waals surface area contributed by atoms with Crippen molar-refractivity contribution < 1.29 is 33.8 Å². The Morgan fingerprint density at radius 2 is 1.33 bits per heavy atom. The summed E-state index contributed by atoms with van der Waals surface area (Å²) >= 11 is 0. The lowest BCUT2D eigenvalue weighted by Crippen LogP contribution is -2.23. The Morgan fingerprint density at radius 1 is 1.00 bits per heavy atom. The smallest absolute Gasteiger partial charge is 0.166 e. The third-order valence-corrected chi connectivity index (χ3v) is 3.54. The van der Waals surface area contributed by atoms with E-state index in [-0.39, 0.29) is 0 Å². The van der Waals surface area contributed by atoms with Gasteiger partial charge in [0.05, 0.1) is 10.6 Å². The maximum Gasteiger partial charge on any atom is 0.166 e. The molecule has 9 heteroatoms. The van der Waals surface area contributed by atoms with Crippen molar-refractivity contribution >= 4 is 25.8 Å². The van der Waals surface area contributed by atoms with E-state index in [1.165, 1.54) is 0 Å². The zero-order valence-corrected chi connectivity index (χ0v) is 8.89. The fourth-order valence-electron chi connectivity index (χ4n) is 0.976. The predicted molar refractivity (Wildman–Crippen MR) is 47.0 cm³/mol. The Morgan fingerprint density at radius 3 is 1.60 bits per heavy atom. The van der Waals surface area contributed by atoms with Crippen LogP contribution in [0.15, 0.2) is 18.2 Å². The van der Waals surface area contributed by atoms with Crippen LogP contribution in [0.4, 0.5) is 0 Å². The Bertz CT molecular complexity index is 430. The molecule has 0 aliphatic heterocycles. The first-order valence-electron chi connectivity index (χ1n) is 3.55. The molecule has 0 fully saturated rings. The van der Waals surface area contributed by atoms with Crippen LogP contribution in [0.1, 0.15) is 0 Å². The van der Waals surface area contributed by atoms with Crippen molar-refractivity contribution in [3.63, 3.8) is 0 Å². The van der Waals surface area contributed by atoms with E-state index in [4.69, 9.17) is 9.79 Å². The summed E-state index contributed by atoms with van der Waals surface area (Å²) in [6.07, 6.45) is 0. The number of benzene rings is 1. The summed E-state index contributed by atoms with van der Waals surface area (Å²) in [5.41, 5.74) is 0. The SMILES string of the molecule is O=P([O-])(O)c1cccc(P(=O)([O-])O)c1O. The number of rotatable bonds is 2. The number of phenols is 1. The topological polar surface area (TPSA) is 141 Å². The summed E-state index contributed by atoms with van der Waals surface area (Å²) in [7, 11) is -10.0. The fraction of sp³-hybridized carbons (Fsp3) is 0. The molecule has 0 aromatic heterocycles. The van der Waals surface area contributed by atoms with Crippen molar-refractivity contribution in [2.45, 2.75) is 0 Å². The predicted octanol–water partition coefficient (Wildman–Crippen LogP) is -2.27. The average Bonchev–Trinajstić information content (AvgIpc) is 1.99. The van der Waals surface area contributed by atoms with Gasteiger partial charge in [0.15, 0.2) is 15.2 Å². The highest BCUT2D eigenvalue weighted by Crippen LogP contribution is 2.37. The van der Waals surface area contributed by atoms with Crippen LogP contribution in [-0.4, -0.2) is 14.9 Å². The van der Waals surface area contributed by atoms with Crippen molar-refractivity contribution in [1.82, 2.24) is 0 Å². The zero-order valence-electron chi connectivity index (χ0n) is 7.10. The zero-order chi connectivity index (χ0) is 11.9. The van der Waals surface area contributed by atoms with Gasteiger partial charge < -0.3 is 33.8 Å². The molecule has 0 saturated heterocycles. The summed E-state index contributed by atoms with van der Waals surface area (Å²) in [4.78, 5) is 38.6. The van der Waals surface area contributed by atoms with Crippen LogP contribution in [0.3, 0.4) is 0 Å². The van der Waals surface area contributed by atoms with E-state index < -0.39 is 31.6 Å². The molecule has 15 heavy (non-hydrogen) atoms. The second-order valence-corrected chi connectivity index (χ2v) is 5.73. The third kappa shape index (κ3) is 2.66. The van der Waals surface area contributed by atoms with Gasteiger partial charge in [-0.2, -0.15) is 0 Å². The first kappa shape index (κ1) is 12.4. The van der Waals surface area contributed by atoms with Crippen molar-refractivity contribution in [2.75, 3.05) is 0 Å². The Labute approximate surface area is 84.3 Å². The summed E-state index contributed by atoms with van der Waals surface area (Å²) in [5, 5.41) is 7.29. The molecule has 0 spiro atoms. The van der Waals surface area contributed by atoms with Gasteiger partial charge in [0, 0.05) is 0 Å². The van der Waals surface area contributed by atoms with Crippen molar-refractivity contribution in [2.24, 2.45) is 0 Å². The number of hydrogen-bond acceptors (Lipinski definition) is 5. The maximum absolute atomic E-state index is 10.7. The van der Waals surface area contributed by atoms with E-state index in [2.05, 4.69) is 0 Å². The molecule has 1 aromatic carbocycles. The van der Waals surface area contributed by atoms with Gasteiger partial charge in [0.1, 0.15) is 5.75 Å². The van der Waals surface area contributed by atoms with E-state index in [1.54, 1.807) is 0 Å². The van der Waals surface area contributed by atoms with Gasteiger partial charge >= 0.3 is 0 Å². The molecule has 0 radical (unpaired) electrons. The maximum atomic E-state index is 10.7. The molecule has 0 bridgehead atoms. The molecule has 1 aromatic rings. The molecule has 84 valence electrons. The molecular weight excluding hydrogens is 246 g/mol. The molecular formula is C6H6O7P2-2. The average molecular weight is 252 g/mol. The minimum Gasteiger partial charge on any atom is -0.775 e. The Balaban J connectivity index is 3.51. The van der Waals surface area contributed by atoms with Gasteiger partial charge in [-0.15, -0.1) is 0 Å². The van der Waals surface area contributed by atoms with Crippen LogP contribution < -0.4 is 20.4 Å². The third-order valence-electron chi connectivity index (χ3n) is 1.60. The Hall–Kier alpha value is -0.680. The highest BCUT2D eigenvalue weighted by atomic mass is 31.2.